The summed E-state index contributed by atoms with van der Waals surface area (Å²) in [6.07, 6.45) is 0. The van der Waals surface area contributed by atoms with Gasteiger partial charge in [0, 0.05) is 54.5 Å². The summed E-state index contributed by atoms with van der Waals surface area (Å²) in [6.45, 7) is 8.65. The van der Waals surface area contributed by atoms with Crippen LogP contribution in [0.15, 0.2) is 65.7 Å². The number of nitrogens with zero attached hydrogens (tertiary/aromatic N) is 5. The van der Waals surface area contributed by atoms with Gasteiger partial charge < -0.3 is 15.1 Å². The van der Waals surface area contributed by atoms with E-state index in [0.29, 0.717) is 22.6 Å². The molecule has 2 aromatic carbocycles. The second kappa shape index (κ2) is 11.1. The van der Waals surface area contributed by atoms with E-state index in [2.05, 4.69) is 54.7 Å². The van der Waals surface area contributed by atoms with Gasteiger partial charge in [-0.15, -0.1) is 0 Å². The minimum absolute atomic E-state index is 0.0201. The van der Waals surface area contributed by atoms with Crippen molar-refractivity contribution in [3.8, 4) is 0 Å². The van der Waals surface area contributed by atoms with Gasteiger partial charge in [0.15, 0.2) is 5.78 Å². The van der Waals surface area contributed by atoms with E-state index in [-0.39, 0.29) is 5.78 Å². The van der Waals surface area contributed by atoms with Gasteiger partial charge in [0.05, 0.1) is 0 Å². The molecule has 0 saturated carbocycles. The number of Topliss-reactive ketones (excluding diaryl/α,β-unsaturated/α-hetero) is 1. The summed E-state index contributed by atoms with van der Waals surface area (Å²) in [4.78, 5) is 29.8. The molecule has 0 unspecified atom stereocenters. The number of thiocarbonyl (C=S) groups is 1. The van der Waals surface area contributed by atoms with E-state index in [9.17, 15) is 4.79 Å². The molecule has 0 aliphatic carbocycles. The Morgan fingerprint density at radius 2 is 1.54 bits per heavy atom. The van der Waals surface area contributed by atoms with E-state index in [1.54, 1.807) is 19.1 Å². The fourth-order valence-electron chi connectivity index (χ4n) is 3.91. The topological polar surface area (TPSA) is 85.7 Å². The van der Waals surface area contributed by atoms with Gasteiger partial charge in [-0.25, -0.2) is 9.97 Å². The zero-order chi connectivity index (χ0) is 24.8. The van der Waals surface area contributed by atoms with Crippen LogP contribution in [0.25, 0.3) is 0 Å². The molecule has 9 heteroatoms. The van der Waals surface area contributed by atoms with E-state index in [4.69, 9.17) is 17.2 Å². The van der Waals surface area contributed by atoms with Crippen LogP contribution in [0, 0.1) is 13.8 Å². The first-order valence-corrected chi connectivity index (χ1v) is 11.9. The Hall–Kier alpha value is -3.85. The number of carbonyl (C=O) groups excluding carboxylic acids is 1. The largest absolute Gasteiger partial charge is 0.368 e. The van der Waals surface area contributed by atoms with Crippen molar-refractivity contribution in [1.29, 1.82) is 0 Å². The highest BCUT2D eigenvalue weighted by Gasteiger charge is 2.21. The molecule has 0 atom stereocenters. The highest BCUT2D eigenvalue weighted by Crippen LogP contribution is 2.17. The smallest absolute Gasteiger partial charge is 0.229 e. The Balaban J connectivity index is 1.52. The Bertz CT molecular complexity index is 1200. The van der Waals surface area contributed by atoms with Gasteiger partial charge in [0.2, 0.25) is 17.0 Å². The second-order valence-corrected chi connectivity index (χ2v) is 8.79. The molecule has 0 radical (unpaired) electrons. The molecule has 8 nitrogen and oxygen atoms in total. The molecular formula is C26H29N7OS. The Morgan fingerprint density at radius 1 is 0.914 bits per heavy atom. The summed E-state index contributed by atoms with van der Waals surface area (Å²) in [5, 5.41) is 6.73. The van der Waals surface area contributed by atoms with Crippen LogP contribution in [-0.2, 0) is 0 Å². The van der Waals surface area contributed by atoms with E-state index in [1.165, 1.54) is 5.69 Å². The van der Waals surface area contributed by atoms with Crippen LogP contribution in [0.5, 0.6) is 0 Å². The number of hydrogen-bond acceptors (Lipinski definition) is 5. The number of piperazine rings is 1. The van der Waals surface area contributed by atoms with Gasteiger partial charge in [-0.05, 0) is 75.5 Å². The molecule has 1 aliphatic heterocycles. The monoisotopic (exact) mass is 487 g/mol. The molecule has 2 heterocycles. The summed E-state index contributed by atoms with van der Waals surface area (Å²) < 4.78 is 0. The lowest BCUT2D eigenvalue weighted by molar-refractivity contribution is 0.101. The molecule has 3 aromatic rings. The fraction of sp³-hybridized carbons (Fsp3) is 0.269. The number of benzene rings is 2. The number of aromatic nitrogens is 2. The number of ketones is 1. The van der Waals surface area contributed by atoms with E-state index >= 15 is 0 Å². The molecule has 35 heavy (non-hydrogen) atoms. The highest BCUT2D eigenvalue weighted by molar-refractivity contribution is 7.80. The standard InChI is InChI=1S/C26H29N7OS/c1-18-17-19(2)28-24(27-18)30-25(31-26(35)29-22-11-9-21(10-12-22)20(3)34)33-15-13-32(14-16-33)23-7-5-4-6-8-23/h4-12,17H,13-16H2,1-3H3,(H2,27,28,29,30,31,35). The third kappa shape index (κ3) is 6.60. The molecule has 1 aliphatic rings. The third-order valence-electron chi connectivity index (χ3n) is 5.66. The maximum Gasteiger partial charge on any atom is 0.229 e. The molecule has 0 bridgehead atoms. The molecule has 1 aromatic heterocycles. The highest BCUT2D eigenvalue weighted by atomic mass is 32.1. The summed E-state index contributed by atoms with van der Waals surface area (Å²) in [6, 6.07) is 19.5. The van der Waals surface area contributed by atoms with Crippen LogP contribution in [0.1, 0.15) is 28.7 Å². The molecule has 1 saturated heterocycles. The van der Waals surface area contributed by atoms with Gasteiger partial charge in [0.1, 0.15) is 0 Å². The van der Waals surface area contributed by atoms with Gasteiger partial charge in [0.25, 0.3) is 0 Å². The Labute approximate surface area is 211 Å². The normalized spacial score (nSPS) is 14.0. The Morgan fingerprint density at radius 3 is 2.14 bits per heavy atom. The van der Waals surface area contributed by atoms with Crippen molar-refractivity contribution in [2.45, 2.75) is 20.8 Å². The first-order chi connectivity index (χ1) is 16.9. The number of aryl methyl sites for hydroxylation is 2. The molecule has 1 fully saturated rings. The zero-order valence-corrected chi connectivity index (χ0v) is 21.0. The number of nitrogens with one attached hydrogen (secondary N) is 2. The molecular weight excluding hydrogens is 458 g/mol. The fourth-order valence-corrected chi connectivity index (χ4v) is 4.12. The number of para-hydroxylation sites is 1. The molecule has 0 amide bonds. The first kappa shape index (κ1) is 24.3. The second-order valence-electron chi connectivity index (χ2n) is 8.41. The number of carbonyl (C=O) groups is 1. The van der Waals surface area contributed by atoms with Crippen molar-refractivity contribution < 1.29 is 4.79 Å². The predicted octanol–water partition coefficient (Wildman–Crippen LogP) is 4.28. The van der Waals surface area contributed by atoms with Crippen molar-refractivity contribution >= 4 is 46.4 Å². The van der Waals surface area contributed by atoms with Crippen molar-refractivity contribution in [3.05, 3.63) is 77.6 Å². The number of guanidine groups is 1. The summed E-state index contributed by atoms with van der Waals surface area (Å²) in [5.41, 5.74) is 4.37. The number of anilines is 3. The third-order valence-corrected chi connectivity index (χ3v) is 5.85. The van der Waals surface area contributed by atoms with Crippen LogP contribution in [0.3, 0.4) is 0 Å². The van der Waals surface area contributed by atoms with Crippen LogP contribution < -0.4 is 15.5 Å². The van der Waals surface area contributed by atoms with Crippen LogP contribution in [0.2, 0.25) is 0 Å². The first-order valence-electron chi connectivity index (χ1n) is 11.5. The lowest BCUT2D eigenvalue weighted by Gasteiger charge is -2.37. The lowest BCUT2D eigenvalue weighted by atomic mass is 10.1. The number of hydrogen-bond donors (Lipinski definition) is 2. The molecule has 4 rings (SSSR count). The number of rotatable bonds is 4. The molecule has 180 valence electrons. The van der Waals surface area contributed by atoms with Crippen LogP contribution in [0.4, 0.5) is 17.3 Å². The average molecular weight is 488 g/mol. The molecule has 0 spiro atoms. The Kier molecular flexibility index (Phi) is 7.67. The predicted molar refractivity (Wildman–Crippen MR) is 145 cm³/mol. The average Bonchev–Trinajstić information content (AvgIpc) is 2.84. The zero-order valence-electron chi connectivity index (χ0n) is 20.2. The maximum absolute atomic E-state index is 11.5. The van der Waals surface area contributed by atoms with Gasteiger partial charge >= 0.3 is 0 Å². The van der Waals surface area contributed by atoms with E-state index in [1.807, 2.05) is 38.1 Å². The summed E-state index contributed by atoms with van der Waals surface area (Å²) in [7, 11) is 0. The SMILES string of the molecule is CC(=O)c1ccc(NC(=S)/N=C(/Nc2nc(C)cc(C)n2)N2CCN(c3ccccc3)CC2)cc1. The van der Waals surface area contributed by atoms with Crippen molar-refractivity contribution in [1.82, 2.24) is 14.9 Å². The van der Waals surface area contributed by atoms with E-state index < -0.39 is 0 Å². The molecule has 2 N–H and O–H groups in total. The number of aliphatic imine (C=N–C) groups is 1. The van der Waals surface area contributed by atoms with E-state index in [0.717, 1.165) is 43.3 Å². The van der Waals surface area contributed by atoms with Crippen molar-refractivity contribution in [3.63, 3.8) is 0 Å². The summed E-state index contributed by atoms with van der Waals surface area (Å²) >= 11 is 5.55. The van der Waals surface area contributed by atoms with Gasteiger partial charge in [-0.3, -0.25) is 10.1 Å². The van der Waals surface area contributed by atoms with Crippen LogP contribution >= 0.6 is 12.2 Å². The quantitative estimate of drug-likeness (QED) is 0.244. The minimum atomic E-state index is 0.0201. The van der Waals surface area contributed by atoms with Gasteiger partial charge in [-0.1, -0.05) is 18.2 Å². The van der Waals surface area contributed by atoms with Crippen LogP contribution in [-0.4, -0.2) is 57.9 Å². The van der Waals surface area contributed by atoms with Crippen molar-refractivity contribution in [2.75, 3.05) is 41.7 Å². The maximum atomic E-state index is 11.5. The summed E-state index contributed by atoms with van der Waals surface area (Å²) in [5.74, 6) is 1.10. The van der Waals surface area contributed by atoms with Crippen molar-refractivity contribution in [2.24, 2.45) is 4.99 Å². The minimum Gasteiger partial charge on any atom is -0.368 e. The lowest BCUT2D eigenvalue weighted by Crippen LogP contribution is -2.51. The van der Waals surface area contributed by atoms with Gasteiger partial charge in [-0.2, -0.15) is 4.99 Å².